The van der Waals surface area contributed by atoms with E-state index in [0.29, 0.717) is 0 Å². The van der Waals surface area contributed by atoms with Gasteiger partial charge in [0.2, 0.25) is 0 Å². The largest absolute Gasteiger partial charge is 0.487 e. The number of rotatable bonds is 6. The maximum Gasteiger partial charge on any atom is 0.131 e. The molecule has 2 nitrogen and oxygen atoms in total. The molecular weight excluding hydrogens is 224 g/mol. The first kappa shape index (κ1) is 14.9. The summed E-state index contributed by atoms with van der Waals surface area (Å²) < 4.78 is 11.8. The van der Waals surface area contributed by atoms with E-state index < -0.39 is 0 Å². The molecule has 0 aliphatic rings. The van der Waals surface area contributed by atoms with Crippen molar-refractivity contribution in [3.8, 4) is 11.5 Å². The van der Waals surface area contributed by atoms with E-state index in [9.17, 15) is 0 Å². The Kier molecular flexibility index (Phi) is 4.66. The molecule has 0 aliphatic heterocycles. The van der Waals surface area contributed by atoms with E-state index in [2.05, 4.69) is 47.6 Å². The van der Waals surface area contributed by atoms with Crippen LogP contribution in [0.1, 0.15) is 54.4 Å². The minimum atomic E-state index is -0.171. The summed E-state index contributed by atoms with van der Waals surface area (Å²) in [7, 11) is 0. The maximum atomic E-state index is 5.90. The summed E-state index contributed by atoms with van der Waals surface area (Å²) in [6.07, 6.45) is 1.90. The van der Waals surface area contributed by atoms with Gasteiger partial charge in [-0.05, 0) is 52.7 Å². The van der Waals surface area contributed by atoms with Crippen LogP contribution in [0.25, 0.3) is 0 Å². The van der Waals surface area contributed by atoms with Crippen LogP contribution in [0.15, 0.2) is 18.2 Å². The van der Waals surface area contributed by atoms with Gasteiger partial charge in [0, 0.05) is 0 Å². The van der Waals surface area contributed by atoms with Crippen molar-refractivity contribution in [1.82, 2.24) is 0 Å². The highest BCUT2D eigenvalue weighted by Gasteiger charge is 2.19. The Labute approximate surface area is 111 Å². The van der Waals surface area contributed by atoms with E-state index in [1.807, 2.05) is 18.2 Å². The molecule has 0 amide bonds. The lowest BCUT2D eigenvalue weighted by atomic mass is 10.1. The van der Waals surface area contributed by atoms with Gasteiger partial charge in [-0.3, -0.25) is 0 Å². The molecule has 101 valence electrons. The zero-order chi connectivity index (χ0) is 13.8. The third kappa shape index (κ3) is 4.59. The van der Waals surface area contributed by atoms with Crippen LogP contribution in [-0.2, 0) is 0 Å². The van der Waals surface area contributed by atoms with E-state index in [1.165, 1.54) is 0 Å². The van der Waals surface area contributed by atoms with Gasteiger partial charge in [0.25, 0.3) is 0 Å². The maximum absolute atomic E-state index is 5.90. The molecule has 18 heavy (non-hydrogen) atoms. The zero-order valence-electron chi connectivity index (χ0n) is 12.5. The summed E-state index contributed by atoms with van der Waals surface area (Å²) in [5, 5.41) is 0. The molecule has 0 atom stereocenters. The summed E-state index contributed by atoms with van der Waals surface area (Å²) in [5.74, 6) is 1.48. The van der Waals surface area contributed by atoms with Crippen LogP contribution in [0.4, 0.5) is 0 Å². The van der Waals surface area contributed by atoms with Gasteiger partial charge in [-0.25, -0.2) is 0 Å². The van der Waals surface area contributed by atoms with Crippen molar-refractivity contribution in [3.63, 3.8) is 0 Å². The molecule has 0 aliphatic carbocycles. The molecule has 0 unspecified atom stereocenters. The molecule has 0 bridgehead atoms. The zero-order valence-corrected chi connectivity index (χ0v) is 12.5. The van der Waals surface area contributed by atoms with Crippen molar-refractivity contribution in [2.24, 2.45) is 0 Å². The van der Waals surface area contributed by atoms with Crippen molar-refractivity contribution < 1.29 is 9.47 Å². The normalized spacial score (nSPS) is 12.3. The van der Waals surface area contributed by atoms with Crippen LogP contribution >= 0.6 is 0 Å². The average molecular weight is 249 g/mol. The van der Waals surface area contributed by atoms with E-state index in [0.717, 1.165) is 24.3 Å². The lowest BCUT2D eigenvalue weighted by molar-refractivity contribution is 0.0955. The molecule has 0 heterocycles. The van der Waals surface area contributed by atoms with Gasteiger partial charge in [-0.2, -0.15) is 0 Å². The summed E-state index contributed by atoms with van der Waals surface area (Å²) in [6.45, 7) is 12.5. The van der Waals surface area contributed by atoms with E-state index >= 15 is 0 Å². The summed E-state index contributed by atoms with van der Waals surface area (Å²) in [4.78, 5) is 0. The highest BCUT2D eigenvalue weighted by Crippen LogP contribution is 2.27. The van der Waals surface area contributed by atoms with Gasteiger partial charge >= 0.3 is 0 Å². The van der Waals surface area contributed by atoms with Crippen molar-refractivity contribution in [2.75, 3.05) is 0 Å². The first-order valence-corrected chi connectivity index (χ1v) is 6.68. The molecule has 0 fully saturated rings. The van der Waals surface area contributed by atoms with Crippen molar-refractivity contribution in [3.05, 3.63) is 24.3 Å². The van der Waals surface area contributed by atoms with Gasteiger partial charge in [-0.1, -0.05) is 19.9 Å². The van der Waals surface area contributed by atoms with Crippen molar-refractivity contribution >= 4 is 0 Å². The van der Waals surface area contributed by atoms with Crippen molar-refractivity contribution in [2.45, 2.75) is 65.6 Å². The van der Waals surface area contributed by atoms with Gasteiger partial charge in [0.05, 0.1) is 6.07 Å². The Morgan fingerprint density at radius 1 is 0.889 bits per heavy atom. The minimum absolute atomic E-state index is 0.171. The van der Waals surface area contributed by atoms with Crippen LogP contribution < -0.4 is 9.47 Å². The highest BCUT2D eigenvalue weighted by atomic mass is 16.5. The Balaban J connectivity index is 2.80. The number of hydrogen-bond acceptors (Lipinski definition) is 2. The third-order valence-corrected chi connectivity index (χ3v) is 3.22. The quantitative estimate of drug-likeness (QED) is 0.732. The van der Waals surface area contributed by atoms with Crippen molar-refractivity contribution in [1.29, 1.82) is 0 Å². The van der Waals surface area contributed by atoms with E-state index in [4.69, 9.17) is 9.47 Å². The minimum Gasteiger partial charge on any atom is -0.487 e. The lowest BCUT2D eigenvalue weighted by Crippen LogP contribution is -2.28. The van der Waals surface area contributed by atoms with Gasteiger partial charge in [0.1, 0.15) is 22.7 Å². The van der Waals surface area contributed by atoms with Crippen LogP contribution in [0.2, 0.25) is 0 Å². The molecule has 0 saturated carbocycles. The molecule has 1 aromatic rings. The van der Waals surface area contributed by atoms with Crippen LogP contribution in [0.5, 0.6) is 11.5 Å². The number of ether oxygens (including phenoxy) is 2. The predicted octanol–water partition coefficient (Wildman–Crippen LogP) is 4.62. The Morgan fingerprint density at radius 2 is 1.28 bits per heavy atom. The smallest absolute Gasteiger partial charge is 0.131 e. The first-order valence-electron chi connectivity index (χ1n) is 6.68. The predicted molar refractivity (Wildman–Crippen MR) is 75.3 cm³/mol. The second-order valence-electron chi connectivity index (χ2n) is 5.81. The number of benzene rings is 1. The fraction of sp³-hybridized carbons (Fsp3) is 0.625. The molecule has 1 radical (unpaired) electrons. The molecule has 2 heteroatoms. The Hall–Kier alpha value is -1.18. The standard InChI is InChI=1S/C16H25O2/c1-7-15(3,4)17-13-10-9-11-14(12-13)18-16(5,6)8-2/h9-11H,7-8H2,1-6H3. The SMILES string of the molecule is CCC(C)(C)Oc1[c]c(OC(C)(C)CC)ccc1. The van der Waals surface area contributed by atoms with Crippen LogP contribution in [0.3, 0.4) is 0 Å². The second-order valence-corrected chi connectivity index (χ2v) is 5.81. The Bertz CT molecular complexity index is 347. The first-order chi connectivity index (χ1) is 8.28. The van der Waals surface area contributed by atoms with Crippen LogP contribution in [-0.4, -0.2) is 11.2 Å². The molecule has 0 saturated heterocycles. The van der Waals surface area contributed by atoms with E-state index in [-0.39, 0.29) is 11.2 Å². The highest BCUT2D eigenvalue weighted by molar-refractivity contribution is 5.32. The topological polar surface area (TPSA) is 18.5 Å². The molecule has 0 aromatic heterocycles. The molecule has 1 rings (SSSR count). The summed E-state index contributed by atoms with van der Waals surface area (Å²) >= 11 is 0. The van der Waals surface area contributed by atoms with Gasteiger partial charge in [-0.15, -0.1) is 0 Å². The molecule has 0 N–H and O–H groups in total. The van der Waals surface area contributed by atoms with Crippen LogP contribution in [0, 0.1) is 6.07 Å². The third-order valence-electron chi connectivity index (χ3n) is 3.22. The molecule has 0 spiro atoms. The summed E-state index contributed by atoms with van der Waals surface area (Å²) in [6, 6.07) is 8.96. The monoisotopic (exact) mass is 249 g/mol. The van der Waals surface area contributed by atoms with Gasteiger partial charge in [0.15, 0.2) is 0 Å². The fourth-order valence-corrected chi connectivity index (χ4v) is 1.29. The second kappa shape index (κ2) is 5.64. The molecule has 1 aromatic carbocycles. The van der Waals surface area contributed by atoms with E-state index in [1.54, 1.807) is 0 Å². The Morgan fingerprint density at radius 3 is 1.61 bits per heavy atom. The average Bonchev–Trinajstić information content (AvgIpc) is 2.28. The fourth-order valence-electron chi connectivity index (χ4n) is 1.29. The molecular formula is C16H25O2. The number of hydrogen-bond donors (Lipinski definition) is 0. The summed E-state index contributed by atoms with van der Waals surface area (Å²) in [5.41, 5.74) is -0.342. The lowest BCUT2D eigenvalue weighted by Gasteiger charge is -2.27. The van der Waals surface area contributed by atoms with Gasteiger partial charge < -0.3 is 9.47 Å².